The molecule has 2 aliphatic heterocycles. The number of phenols is 1. The number of ketones is 1. The Morgan fingerprint density at radius 3 is 2.19 bits per heavy atom. The SMILES string of the molecule is COc1ccc([C@H]2CC(=O)Oc3ccc4c(c32)O/C(=C\c2cc(OC)c(OC)c(OC)c2)C4=O)cc1O. The van der Waals surface area contributed by atoms with Gasteiger partial charge in [0.15, 0.2) is 28.8 Å². The van der Waals surface area contributed by atoms with Gasteiger partial charge in [-0.05, 0) is 53.6 Å². The molecule has 37 heavy (non-hydrogen) atoms. The Morgan fingerprint density at radius 2 is 1.57 bits per heavy atom. The van der Waals surface area contributed by atoms with Crippen molar-refractivity contribution in [3.05, 3.63) is 70.5 Å². The first-order valence-electron chi connectivity index (χ1n) is 11.4. The van der Waals surface area contributed by atoms with Gasteiger partial charge in [-0.3, -0.25) is 9.59 Å². The maximum absolute atomic E-state index is 13.3. The van der Waals surface area contributed by atoms with Crippen LogP contribution in [-0.4, -0.2) is 45.3 Å². The number of allylic oxidation sites excluding steroid dienone is 1. The molecular formula is C28H24O9. The lowest BCUT2D eigenvalue weighted by molar-refractivity contribution is -0.135. The van der Waals surface area contributed by atoms with E-state index in [-0.39, 0.29) is 23.7 Å². The van der Waals surface area contributed by atoms with E-state index in [1.807, 2.05) is 0 Å². The second-order valence-corrected chi connectivity index (χ2v) is 8.41. The minimum Gasteiger partial charge on any atom is -0.504 e. The highest BCUT2D eigenvalue weighted by molar-refractivity contribution is 6.15. The van der Waals surface area contributed by atoms with Crippen molar-refractivity contribution in [2.45, 2.75) is 12.3 Å². The van der Waals surface area contributed by atoms with E-state index in [0.717, 1.165) is 0 Å². The Bertz CT molecular complexity index is 1430. The van der Waals surface area contributed by atoms with Crippen LogP contribution in [0.15, 0.2) is 48.2 Å². The van der Waals surface area contributed by atoms with Gasteiger partial charge in [0.25, 0.3) is 0 Å². The quantitative estimate of drug-likeness (QED) is 0.295. The number of fused-ring (bicyclic) bond motifs is 3. The molecule has 3 aromatic rings. The molecule has 9 heteroatoms. The van der Waals surface area contributed by atoms with Gasteiger partial charge in [0.05, 0.1) is 40.4 Å². The monoisotopic (exact) mass is 504 g/mol. The fourth-order valence-electron chi connectivity index (χ4n) is 4.65. The summed E-state index contributed by atoms with van der Waals surface area (Å²) in [6, 6.07) is 11.5. The van der Waals surface area contributed by atoms with Crippen molar-refractivity contribution in [2.24, 2.45) is 0 Å². The van der Waals surface area contributed by atoms with Crippen molar-refractivity contribution in [3.8, 4) is 40.2 Å². The van der Waals surface area contributed by atoms with Crippen LogP contribution in [-0.2, 0) is 4.79 Å². The average Bonchev–Trinajstić information content (AvgIpc) is 3.22. The highest BCUT2D eigenvalue weighted by atomic mass is 16.5. The van der Waals surface area contributed by atoms with E-state index in [9.17, 15) is 14.7 Å². The fraction of sp³-hybridized carbons (Fsp3) is 0.214. The lowest BCUT2D eigenvalue weighted by Gasteiger charge is -2.26. The third-order valence-corrected chi connectivity index (χ3v) is 6.37. The van der Waals surface area contributed by atoms with Gasteiger partial charge in [-0.15, -0.1) is 0 Å². The summed E-state index contributed by atoms with van der Waals surface area (Å²) in [5, 5.41) is 10.3. The predicted molar refractivity (Wildman–Crippen MR) is 132 cm³/mol. The van der Waals surface area contributed by atoms with Crippen molar-refractivity contribution >= 4 is 17.8 Å². The first-order valence-corrected chi connectivity index (χ1v) is 11.4. The smallest absolute Gasteiger partial charge is 0.312 e. The lowest BCUT2D eigenvalue weighted by atomic mass is 9.84. The molecule has 0 amide bonds. The number of ether oxygens (including phenoxy) is 6. The van der Waals surface area contributed by atoms with Crippen LogP contribution in [0.4, 0.5) is 0 Å². The number of methoxy groups -OCH3 is 4. The Balaban J connectivity index is 1.59. The molecule has 0 saturated heterocycles. The minimum absolute atomic E-state index is 0.0126. The van der Waals surface area contributed by atoms with E-state index in [1.165, 1.54) is 34.5 Å². The molecule has 0 bridgehead atoms. The summed E-state index contributed by atoms with van der Waals surface area (Å²) in [6.07, 6.45) is 1.60. The highest BCUT2D eigenvalue weighted by Crippen LogP contribution is 2.50. The number of hydrogen-bond donors (Lipinski definition) is 1. The molecule has 0 spiro atoms. The van der Waals surface area contributed by atoms with Crippen molar-refractivity contribution in [3.63, 3.8) is 0 Å². The number of esters is 1. The molecule has 5 rings (SSSR count). The van der Waals surface area contributed by atoms with Gasteiger partial charge >= 0.3 is 5.97 Å². The van der Waals surface area contributed by atoms with E-state index >= 15 is 0 Å². The van der Waals surface area contributed by atoms with Gasteiger partial charge in [0.1, 0.15) is 11.5 Å². The van der Waals surface area contributed by atoms with Crippen LogP contribution >= 0.6 is 0 Å². The molecule has 2 heterocycles. The number of aromatic hydroxyl groups is 1. The molecule has 9 nitrogen and oxygen atoms in total. The van der Waals surface area contributed by atoms with Gasteiger partial charge in [-0.1, -0.05) is 6.07 Å². The third-order valence-electron chi connectivity index (χ3n) is 6.37. The van der Waals surface area contributed by atoms with Crippen molar-refractivity contribution in [2.75, 3.05) is 28.4 Å². The Morgan fingerprint density at radius 1 is 0.865 bits per heavy atom. The zero-order valence-corrected chi connectivity index (χ0v) is 20.6. The minimum atomic E-state index is -0.503. The molecule has 1 N–H and O–H groups in total. The van der Waals surface area contributed by atoms with Crippen LogP contribution in [0, 0.1) is 0 Å². The molecule has 190 valence electrons. The van der Waals surface area contributed by atoms with E-state index in [1.54, 1.807) is 42.5 Å². The Hall–Kier alpha value is -4.66. The van der Waals surface area contributed by atoms with Crippen molar-refractivity contribution < 1.29 is 43.1 Å². The third kappa shape index (κ3) is 4.08. The number of phenolic OH excluding ortho intramolecular Hbond substituents is 1. The molecule has 2 aliphatic rings. The molecule has 3 aromatic carbocycles. The number of hydrogen-bond acceptors (Lipinski definition) is 9. The van der Waals surface area contributed by atoms with Crippen LogP contribution in [0.5, 0.6) is 40.2 Å². The molecule has 0 aliphatic carbocycles. The van der Waals surface area contributed by atoms with Crippen molar-refractivity contribution in [1.29, 1.82) is 0 Å². The second kappa shape index (κ2) is 9.42. The molecular weight excluding hydrogens is 480 g/mol. The van der Waals surface area contributed by atoms with E-state index in [2.05, 4.69) is 0 Å². The van der Waals surface area contributed by atoms with Gasteiger partial charge < -0.3 is 33.5 Å². The van der Waals surface area contributed by atoms with Gasteiger partial charge in [0.2, 0.25) is 11.5 Å². The van der Waals surface area contributed by atoms with Crippen LogP contribution < -0.4 is 28.4 Å². The zero-order valence-electron chi connectivity index (χ0n) is 20.6. The molecule has 0 unspecified atom stereocenters. The van der Waals surface area contributed by atoms with Gasteiger partial charge in [-0.2, -0.15) is 0 Å². The number of carbonyl (C=O) groups excluding carboxylic acids is 2. The summed E-state index contributed by atoms with van der Waals surface area (Å²) in [6.45, 7) is 0. The molecule has 0 radical (unpaired) electrons. The summed E-state index contributed by atoms with van der Waals surface area (Å²) in [4.78, 5) is 25.7. The standard InChI is InChI=1S/C28H24O9/c1-32-19-7-5-15(12-18(19)29)17-13-24(30)36-20-8-6-16-26(31)21(37-27(16)25(17)20)9-14-10-22(33-2)28(35-4)23(11-14)34-3/h5-12,17,29H,13H2,1-4H3/b21-9-/t17-/m1/s1. The molecule has 0 fully saturated rings. The number of Topliss-reactive ketones (excluding diaryl/α,β-unsaturated/α-hetero) is 1. The van der Waals surface area contributed by atoms with Crippen LogP contribution in [0.25, 0.3) is 6.08 Å². The average molecular weight is 504 g/mol. The van der Waals surface area contributed by atoms with E-state index in [4.69, 9.17) is 28.4 Å². The van der Waals surface area contributed by atoms with E-state index < -0.39 is 11.9 Å². The first-order chi connectivity index (χ1) is 17.9. The predicted octanol–water partition coefficient (Wildman–Crippen LogP) is 4.48. The molecule has 0 saturated carbocycles. The summed E-state index contributed by atoms with van der Waals surface area (Å²) in [7, 11) is 5.97. The maximum Gasteiger partial charge on any atom is 0.312 e. The molecule has 0 aromatic heterocycles. The van der Waals surface area contributed by atoms with Crippen LogP contribution in [0.1, 0.15) is 39.4 Å². The number of carbonyl (C=O) groups is 2. The first kappa shape index (κ1) is 24.1. The lowest BCUT2D eigenvalue weighted by Crippen LogP contribution is -2.21. The normalized spacial score (nSPS) is 17.0. The zero-order chi connectivity index (χ0) is 26.3. The van der Waals surface area contributed by atoms with Crippen LogP contribution in [0.3, 0.4) is 0 Å². The Labute approximate surface area is 212 Å². The van der Waals surface area contributed by atoms with Gasteiger partial charge in [-0.25, -0.2) is 0 Å². The van der Waals surface area contributed by atoms with E-state index in [0.29, 0.717) is 56.8 Å². The number of rotatable bonds is 6. The topological polar surface area (TPSA) is 110 Å². The van der Waals surface area contributed by atoms with Crippen LogP contribution in [0.2, 0.25) is 0 Å². The van der Waals surface area contributed by atoms with Gasteiger partial charge in [0, 0.05) is 11.5 Å². The summed E-state index contributed by atoms with van der Waals surface area (Å²) in [5.41, 5.74) is 2.16. The van der Waals surface area contributed by atoms with Crippen molar-refractivity contribution in [1.82, 2.24) is 0 Å². The molecule has 1 atom stereocenters. The maximum atomic E-state index is 13.3. The summed E-state index contributed by atoms with van der Waals surface area (Å²) in [5.74, 6) is 0.991. The summed E-state index contributed by atoms with van der Waals surface area (Å²) >= 11 is 0. The second-order valence-electron chi connectivity index (χ2n) is 8.41. The Kier molecular flexibility index (Phi) is 6.12. The largest absolute Gasteiger partial charge is 0.504 e. The summed E-state index contributed by atoms with van der Waals surface area (Å²) < 4.78 is 32.9. The fourth-order valence-corrected chi connectivity index (χ4v) is 4.65. The highest BCUT2D eigenvalue weighted by Gasteiger charge is 2.38. The number of benzene rings is 3.